The van der Waals surface area contributed by atoms with Crippen LogP contribution in [0.25, 0.3) is 11.0 Å². The van der Waals surface area contributed by atoms with Crippen molar-refractivity contribution in [3.8, 4) is 0 Å². The number of aliphatic carboxylic acids is 1. The number of carboxylic acids is 1. The third-order valence-electron chi connectivity index (χ3n) is 2.06. The maximum absolute atomic E-state index is 12.6. The van der Waals surface area contributed by atoms with Gasteiger partial charge in [0.15, 0.2) is 11.3 Å². The number of carbonyl (C=O) groups is 1. The zero-order valence-electron chi connectivity index (χ0n) is 8.27. The summed E-state index contributed by atoms with van der Waals surface area (Å²) in [5.74, 6) is -1.28. The van der Waals surface area contributed by atoms with Gasteiger partial charge < -0.3 is 5.11 Å². The first kappa shape index (κ1) is 11.4. The first-order chi connectivity index (χ1) is 7.89. The second kappa shape index (κ2) is 3.72. The Morgan fingerprint density at radius 3 is 2.76 bits per heavy atom. The van der Waals surface area contributed by atoms with E-state index < -0.39 is 24.4 Å². The van der Waals surface area contributed by atoms with Crippen LogP contribution in [0.1, 0.15) is 5.69 Å². The van der Waals surface area contributed by atoms with Crippen molar-refractivity contribution in [2.45, 2.75) is 12.7 Å². The lowest BCUT2D eigenvalue weighted by atomic mass is 10.2. The van der Waals surface area contributed by atoms with E-state index in [4.69, 9.17) is 5.11 Å². The lowest BCUT2D eigenvalue weighted by Gasteiger charge is -2.01. The molecule has 0 spiro atoms. The van der Waals surface area contributed by atoms with Crippen molar-refractivity contribution in [1.82, 2.24) is 14.8 Å². The van der Waals surface area contributed by atoms with Crippen LogP contribution in [0.5, 0.6) is 0 Å². The summed E-state index contributed by atoms with van der Waals surface area (Å²) in [5.41, 5.74) is -1.22. The molecule has 2 rings (SSSR count). The van der Waals surface area contributed by atoms with E-state index in [0.29, 0.717) is 0 Å². The van der Waals surface area contributed by atoms with Crippen molar-refractivity contribution < 1.29 is 23.1 Å². The number of carboxylic acid groups (broad SMARTS) is 1. The Labute approximate surface area is 92.5 Å². The van der Waals surface area contributed by atoms with Crippen molar-refractivity contribution in [3.05, 3.63) is 24.0 Å². The van der Waals surface area contributed by atoms with Crippen LogP contribution < -0.4 is 0 Å². The van der Waals surface area contributed by atoms with Gasteiger partial charge in [0.1, 0.15) is 6.54 Å². The molecule has 0 fully saturated rings. The fourth-order valence-electron chi connectivity index (χ4n) is 1.46. The highest BCUT2D eigenvalue weighted by molar-refractivity contribution is 5.80. The summed E-state index contributed by atoms with van der Waals surface area (Å²) >= 11 is 0. The Bertz CT molecular complexity index is 576. The van der Waals surface area contributed by atoms with Gasteiger partial charge in [0.2, 0.25) is 0 Å². The van der Waals surface area contributed by atoms with E-state index in [0.717, 1.165) is 4.68 Å². The molecular formula is C9H6F3N3O2. The van der Waals surface area contributed by atoms with E-state index in [1.165, 1.54) is 18.3 Å². The van der Waals surface area contributed by atoms with Crippen LogP contribution in [0, 0.1) is 0 Å². The number of halogens is 3. The Balaban J connectivity index is 2.67. The number of alkyl halides is 3. The van der Waals surface area contributed by atoms with Crippen LogP contribution in [0.3, 0.4) is 0 Å². The van der Waals surface area contributed by atoms with Crippen LogP contribution in [0.2, 0.25) is 0 Å². The van der Waals surface area contributed by atoms with Crippen molar-refractivity contribution in [1.29, 1.82) is 0 Å². The summed E-state index contributed by atoms with van der Waals surface area (Å²) in [6, 6.07) is 2.54. The van der Waals surface area contributed by atoms with Gasteiger partial charge in [0.05, 0.1) is 5.39 Å². The topological polar surface area (TPSA) is 68.0 Å². The maximum Gasteiger partial charge on any atom is 0.435 e. The number of nitrogens with zero attached hydrogens (tertiary/aromatic N) is 3. The van der Waals surface area contributed by atoms with Crippen LogP contribution in [0.4, 0.5) is 13.2 Å². The molecule has 2 heterocycles. The van der Waals surface area contributed by atoms with E-state index >= 15 is 0 Å². The molecule has 0 saturated carbocycles. The summed E-state index contributed by atoms with van der Waals surface area (Å²) in [6.07, 6.45) is -3.35. The van der Waals surface area contributed by atoms with E-state index in [9.17, 15) is 18.0 Å². The van der Waals surface area contributed by atoms with Crippen molar-refractivity contribution >= 4 is 17.0 Å². The molecule has 0 bridgehead atoms. The summed E-state index contributed by atoms with van der Waals surface area (Å²) in [7, 11) is 0. The minimum atomic E-state index is -4.63. The second-order valence-electron chi connectivity index (χ2n) is 3.27. The molecule has 0 aliphatic carbocycles. The molecule has 0 aliphatic heterocycles. The molecule has 0 radical (unpaired) electrons. The molecule has 0 aromatic carbocycles. The number of fused-ring (bicyclic) bond motifs is 1. The lowest BCUT2D eigenvalue weighted by molar-refractivity contribution is -0.142. The molecule has 0 aliphatic rings. The fraction of sp³-hybridized carbons (Fsp3) is 0.222. The smallest absolute Gasteiger partial charge is 0.435 e. The zero-order chi connectivity index (χ0) is 12.6. The van der Waals surface area contributed by atoms with Gasteiger partial charge in [-0.05, 0) is 12.1 Å². The van der Waals surface area contributed by atoms with Crippen molar-refractivity contribution in [2.24, 2.45) is 0 Å². The number of rotatable bonds is 2. The van der Waals surface area contributed by atoms with Crippen LogP contribution in [-0.4, -0.2) is 25.8 Å². The van der Waals surface area contributed by atoms with Gasteiger partial charge in [-0.15, -0.1) is 0 Å². The predicted octanol–water partition coefficient (Wildman–Crippen LogP) is 1.53. The Morgan fingerprint density at radius 1 is 1.47 bits per heavy atom. The summed E-state index contributed by atoms with van der Waals surface area (Å²) < 4.78 is 38.6. The first-order valence-corrected chi connectivity index (χ1v) is 4.50. The lowest BCUT2D eigenvalue weighted by Crippen LogP contribution is -2.12. The minimum absolute atomic E-state index is 0.0952. The third-order valence-corrected chi connectivity index (χ3v) is 2.06. The fourth-order valence-corrected chi connectivity index (χ4v) is 1.46. The standard InChI is InChI=1S/C9H6F3N3O2/c10-9(11,12)7-5-2-1-3-13-8(5)15(14-7)4-6(16)17/h1-3H,4H2,(H,16,17). The van der Waals surface area contributed by atoms with Crippen LogP contribution in [-0.2, 0) is 17.5 Å². The molecule has 5 nitrogen and oxygen atoms in total. The average molecular weight is 245 g/mol. The first-order valence-electron chi connectivity index (χ1n) is 4.50. The molecule has 90 valence electrons. The normalized spacial score (nSPS) is 11.9. The number of pyridine rings is 1. The molecular weight excluding hydrogens is 239 g/mol. The molecule has 0 unspecified atom stereocenters. The minimum Gasteiger partial charge on any atom is -0.480 e. The van der Waals surface area contributed by atoms with Gasteiger partial charge in [-0.1, -0.05) is 0 Å². The molecule has 0 atom stereocenters. The van der Waals surface area contributed by atoms with Gasteiger partial charge in [-0.2, -0.15) is 18.3 Å². The number of hydrogen-bond donors (Lipinski definition) is 1. The van der Waals surface area contributed by atoms with E-state index in [-0.39, 0.29) is 11.0 Å². The summed E-state index contributed by atoms with van der Waals surface area (Å²) in [6.45, 7) is -0.663. The van der Waals surface area contributed by atoms with Gasteiger partial charge in [-0.25, -0.2) is 9.67 Å². The quantitative estimate of drug-likeness (QED) is 0.871. The highest BCUT2D eigenvalue weighted by atomic mass is 19.4. The van der Waals surface area contributed by atoms with Crippen molar-refractivity contribution in [3.63, 3.8) is 0 Å². The largest absolute Gasteiger partial charge is 0.480 e. The maximum atomic E-state index is 12.6. The van der Waals surface area contributed by atoms with Crippen LogP contribution >= 0.6 is 0 Å². The average Bonchev–Trinajstić information content (AvgIpc) is 2.56. The highest BCUT2D eigenvalue weighted by Gasteiger charge is 2.37. The Hall–Kier alpha value is -2.12. The van der Waals surface area contributed by atoms with Crippen molar-refractivity contribution in [2.75, 3.05) is 0 Å². The van der Waals surface area contributed by atoms with Gasteiger partial charge >= 0.3 is 12.1 Å². The Morgan fingerprint density at radius 2 is 2.18 bits per heavy atom. The molecule has 2 aromatic heterocycles. The molecule has 0 saturated heterocycles. The monoisotopic (exact) mass is 245 g/mol. The second-order valence-corrected chi connectivity index (χ2v) is 3.27. The van der Waals surface area contributed by atoms with Gasteiger partial charge in [-0.3, -0.25) is 4.79 Å². The van der Waals surface area contributed by atoms with E-state index in [2.05, 4.69) is 10.1 Å². The molecule has 2 aromatic rings. The van der Waals surface area contributed by atoms with Crippen LogP contribution in [0.15, 0.2) is 18.3 Å². The summed E-state index contributed by atoms with van der Waals surface area (Å²) in [4.78, 5) is 14.2. The zero-order valence-corrected chi connectivity index (χ0v) is 8.27. The highest BCUT2D eigenvalue weighted by Crippen LogP contribution is 2.33. The SMILES string of the molecule is O=C(O)Cn1nc(C(F)(F)F)c2cccnc21. The molecule has 1 N–H and O–H groups in total. The van der Waals surface area contributed by atoms with E-state index in [1.54, 1.807) is 0 Å². The molecule has 8 heteroatoms. The van der Waals surface area contributed by atoms with Gasteiger partial charge in [0, 0.05) is 6.20 Å². The Kier molecular flexibility index (Phi) is 2.49. The molecule has 0 amide bonds. The summed E-state index contributed by atoms with van der Waals surface area (Å²) in [5, 5.41) is 11.6. The third kappa shape index (κ3) is 2.05. The van der Waals surface area contributed by atoms with Gasteiger partial charge in [0.25, 0.3) is 0 Å². The number of hydrogen-bond acceptors (Lipinski definition) is 3. The predicted molar refractivity (Wildman–Crippen MR) is 50.2 cm³/mol. The van der Waals surface area contributed by atoms with E-state index in [1.807, 2.05) is 0 Å². The number of aromatic nitrogens is 3. The molecule has 17 heavy (non-hydrogen) atoms.